The molecule has 29 heavy (non-hydrogen) atoms. The number of halogens is 2. The van der Waals surface area contributed by atoms with Crippen LogP contribution in [0.1, 0.15) is 33.6 Å². The minimum atomic E-state index is -4.15. The predicted octanol–water partition coefficient (Wildman–Crippen LogP) is 2.22. The number of primary amides is 1. The van der Waals surface area contributed by atoms with Crippen molar-refractivity contribution >= 4 is 38.2 Å². The van der Waals surface area contributed by atoms with Crippen LogP contribution in [0.25, 0.3) is 0 Å². The largest absolute Gasteiger partial charge is 0.507 e. The van der Waals surface area contributed by atoms with Gasteiger partial charge >= 0.3 is 0 Å². The third-order valence-corrected chi connectivity index (χ3v) is 7.80. The van der Waals surface area contributed by atoms with Gasteiger partial charge in [-0.3, -0.25) is 9.59 Å². The Hall–Kier alpha value is -2.57. The number of hydrogen-bond acceptors (Lipinski definition) is 6. The fourth-order valence-electron chi connectivity index (χ4n) is 2.79. The quantitative estimate of drug-likeness (QED) is 0.650. The van der Waals surface area contributed by atoms with E-state index in [1.165, 1.54) is 24.3 Å². The van der Waals surface area contributed by atoms with Gasteiger partial charge in [-0.1, -0.05) is 12.1 Å². The van der Waals surface area contributed by atoms with Crippen LogP contribution >= 0.6 is 11.3 Å². The lowest BCUT2D eigenvalue weighted by Gasteiger charge is -2.30. The molecule has 0 bridgehead atoms. The standard InChI is InChI=1S/C17H17F2N3O5S2/c18-17(19)5-7-22(8-6-17)29(26,27)13-9-11(14(20)24)16(28-13)21-15(25)10-3-1-2-4-12(10)23/h1-4,9,23H,5-8H2,(H2,20,24)(H,21,25). The van der Waals surface area contributed by atoms with E-state index in [2.05, 4.69) is 5.32 Å². The average molecular weight is 445 g/mol. The zero-order valence-electron chi connectivity index (χ0n) is 14.9. The second kappa shape index (κ2) is 7.69. The number of thiophene rings is 1. The van der Waals surface area contributed by atoms with Gasteiger partial charge in [0.2, 0.25) is 0 Å². The van der Waals surface area contributed by atoms with Crippen molar-refractivity contribution in [3.8, 4) is 5.75 Å². The Morgan fingerprint density at radius 2 is 1.79 bits per heavy atom. The highest BCUT2D eigenvalue weighted by molar-refractivity contribution is 7.91. The molecule has 0 atom stereocenters. The minimum absolute atomic E-state index is 0.0843. The summed E-state index contributed by atoms with van der Waals surface area (Å²) in [7, 11) is -4.15. The number of nitrogens with one attached hydrogen (secondary N) is 1. The van der Waals surface area contributed by atoms with E-state index in [9.17, 15) is 31.9 Å². The molecule has 0 aliphatic carbocycles. The number of nitrogens with two attached hydrogens (primary N) is 1. The number of amides is 2. The number of sulfonamides is 1. The molecule has 1 aliphatic rings. The SMILES string of the molecule is NC(=O)c1cc(S(=O)(=O)N2CCC(F)(F)CC2)sc1NC(=O)c1ccccc1O. The molecule has 8 nitrogen and oxygen atoms in total. The predicted molar refractivity (Wildman–Crippen MR) is 102 cm³/mol. The lowest BCUT2D eigenvalue weighted by Crippen LogP contribution is -2.42. The summed E-state index contributed by atoms with van der Waals surface area (Å²) in [4.78, 5) is 24.1. The Morgan fingerprint density at radius 3 is 2.38 bits per heavy atom. The third kappa shape index (κ3) is 4.38. The molecule has 3 rings (SSSR count). The number of rotatable bonds is 5. The van der Waals surface area contributed by atoms with Gasteiger partial charge in [-0.05, 0) is 18.2 Å². The Kier molecular flexibility index (Phi) is 5.61. The number of phenols is 1. The van der Waals surface area contributed by atoms with E-state index in [1.807, 2.05) is 0 Å². The van der Waals surface area contributed by atoms with Crippen LogP contribution < -0.4 is 11.1 Å². The van der Waals surface area contributed by atoms with E-state index >= 15 is 0 Å². The van der Waals surface area contributed by atoms with Gasteiger partial charge in [-0.2, -0.15) is 4.31 Å². The van der Waals surface area contributed by atoms with Crippen LogP contribution in [0, 0.1) is 0 Å². The summed E-state index contributed by atoms with van der Waals surface area (Å²) in [5.74, 6) is -4.96. The topological polar surface area (TPSA) is 130 Å². The maximum absolute atomic E-state index is 13.3. The number of benzene rings is 1. The van der Waals surface area contributed by atoms with Crippen LogP contribution in [0.15, 0.2) is 34.5 Å². The molecule has 156 valence electrons. The lowest BCUT2D eigenvalue weighted by molar-refractivity contribution is -0.0411. The highest BCUT2D eigenvalue weighted by atomic mass is 32.2. The number of aromatic hydroxyl groups is 1. The van der Waals surface area contributed by atoms with E-state index in [1.54, 1.807) is 0 Å². The first-order valence-corrected chi connectivity index (χ1v) is 10.7. The first-order chi connectivity index (χ1) is 13.5. The smallest absolute Gasteiger partial charge is 0.260 e. The number of nitrogens with zero attached hydrogens (tertiary/aromatic N) is 1. The maximum Gasteiger partial charge on any atom is 0.260 e. The number of para-hydroxylation sites is 1. The summed E-state index contributed by atoms with van der Waals surface area (Å²) in [5, 5.41) is 12.0. The molecular weight excluding hydrogens is 428 g/mol. The Morgan fingerprint density at radius 1 is 1.17 bits per heavy atom. The van der Waals surface area contributed by atoms with Gasteiger partial charge in [0.05, 0.1) is 11.1 Å². The summed E-state index contributed by atoms with van der Waals surface area (Å²) in [6.45, 7) is -0.725. The Labute approximate surface area is 169 Å². The van der Waals surface area contributed by atoms with Crippen LogP contribution in [-0.4, -0.2) is 48.7 Å². The molecule has 1 aromatic heterocycles. The van der Waals surface area contributed by atoms with E-state index < -0.39 is 40.6 Å². The number of phenolic OH excluding ortho intramolecular Hbond substituents is 1. The second-order valence-corrected chi connectivity index (χ2v) is 9.62. The molecule has 12 heteroatoms. The van der Waals surface area contributed by atoms with E-state index in [4.69, 9.17) is 5.73 Å². The fourth-order valence-corrected chi connectivity index (χ4v) is 5.75. The summed E-state index contributed by atoms with van der Waals surface area (Å²) in [6.07, 6.45) is -1.20. The van der Waals surface area contributed by atoms with Crippen molar-refractivity contribution in [3.63, 3.8) is 0 Å². The fraction of sp³-hybridized carbons (Fsp3) is 0.294. The first kappa shape index (κ1) is 21.1. The summed E-state index contributed by atoms with van der Waals surface area (Å²) in [6, 6.07) is 6.67. The molecule has 1 aliphatic heterocycles. The van der Waals surface area contributed by atoms with Gasteiger partial charge in [-0.15, -0.1) is 11.3 Å². The first-order valence-electron chi connectivity index (χ1n) is 8.42. The van der Waals surface area contributed by atoms with Gasteiger partial charge in [0, 0.05) is 25.9 Å². The van der Waals surface area contributed by atoms with Crippen molar-refractivity contribution in [2.75, 3.05) is 18.4 Å². The Balaban J connectivity index is 1.90. The minimum Gasteiger partial charge on any atom is -0.507 e. The van der Waals surface area contributed by atoms with Crippen molar-refractivity contribution in [1.29, 1.82) is 0 Å². The number of anilines is 1. The molecule has 2 amide bonds. The van der Waals surface area contributed by atoms with Gasteiger partial charge in [-0.25, -0.2) is 17.2 Å². The molecule has 0 unspecified atom stereocenters. The van der Waals surface area contributed by atoms with Crippen LogP contribution in [0.5, 0.6) is 5.75 Å². The van der Waals surface area contributed by atoms with Crippen molar-refractivity contribution < 1.29 is 31.9 Å². The molecule has 0 spiro atoms. The summed E-state index contributed by atoms with van der Waals surface area (Å²) < 4.78 is 52.8. The van der Waals surface area contributed by atoms with Crippen LogP contribution in [-0.2, 0) is 10.0 Å². The van der Waals surface area contributed by atoms with Crippen LogP contribution in [0.2, 0.25) is 0 Å². The molecule has 2 aromatic rings. The van der Waals surface area contributed by atoms with Crippen molar-refractivity contribution in [3.05, 3.63) is 41.5 Å². The Bertz CT molecular complexity index is 1060. The average Bonchev–Trinajstić information content (AvgIpc) is 3.06. The molecule has 2 heterocycles. The number of alkyl halides is 2. The van der Waals surface area contributed by atoms with Crippen LogP contribution in [0.4, 0.5) is 13.8 Å². The molecule has 1 aromatic carbocycles. The number of carbonyl (C=O) groups is 2. The number of piperidine rings is 1. The summed E-state index contributed by atoms with van der Waals surface area (Å²) in [5.41, 5.74) is 4.97. The second-order valence-electron chi connectivity index (χ2n) is 6.40. The number of hydrogen-bond donors (Lipinski definition) is 3. The maximum atomic E-state index is 13.3. The molecule has 0 radical (unpaired) electrons. The molecule has 1 fully saturated rings. The third-order valence-electron chi connectivity index (χ3n) is 4.40. The van der Waals surface area contributed by atoms with Crippen molar-refractivity contribution in [2.45, 2.75) is 23.0 Å². The van der Waals surface area contributed by atoms with Gasteiger partial charge in [0.1, 0.15) is 15.0 Å². The van der Waals surface area contributed by atoms with Crippen LogP contribution in [0.3, 0.4) is 0 Å². The molecule has 0 saturated carbocycles. The highest BCUT2D eigenvalue weighted by Crippen LogP contribution is 2.36. The molecular formula is C17H17F2N3O5S2. The van der Waals surface area contributed by atoms with Crippen molar-refractivity contribution in [2.24, 2.45) is 5.73 Å². The lowest BCUT2D eigenvalue weighted by atomic mass is 10.1. The van der Waals surface area contributed by atoms with E-state index in [0.29, 0.717) is 11.3 Å². The zero-order valence-corrected chi connectivity index (χ0v) is 16.5. The normalized spacial score (nSPS) is 17.0. The number of carbonyl (C=O) groups excluding carboxylic acids is 2. The van der Waals surface area contributed by atoms with Gasteiger partial charge in [0.25, 0.3) is 27.8 Å². The van der Waals surface area contributed by atoms with E-state index in [0.717, 1.165) is 10.4 Å². The zero-order chi connectivity index (χ0) is 21.4. The van der Waals surface area contributed by atoms with Gasteiger partial charge in [0.15, 0.2) is 0 Å². The summed E-state index contributed by atoms with van der Waals surface area (Å²) >= 11 is 0.586. The van der Waals surface area contributed by atoms with E-state index in [-0.39, 0.29) is 39.2 Å². The molecule has 1 saturated heterocycles. The van der Waals surface area contributed by atoms with Crippen molar-refractivity contribution in [1.82, 2.24) is 4.31 Å². The monoisotopic (exact) mass is 445 g/mol. The highest BCUT2D eigenvalue weighted by Gasteiger charge is 2.39. The van der Waals surface area contributed by atoms with Gasteiger partial charge < -0.3 is 16.2 Å². The molecule has 4 N–H and O–H groups in total.